The fourth-order valence-electron chi connectivity index (χ4n) is 1.34. The lowest BCUT2D eigenvalue weighted by Crippen LogP contribution is -2.08. The van der Waals surface area contributed by atoms with Crippen LogP contribution in [0, 0.1) is 0 Å². The van der Waals surface area contributed by atoms with Gasteiger partial charge in [0.15, 0.2) is 0 Å². The predicted molar refractivity (Wildman–Crippen MR) is 61.5 cm³/mol. The van der Waals surface area contributed by atoms with Crippen LogP contribution in [0.1, 0.15) is 5.56 Å². The lowest BCUT2D eigenvalue weighted by atomic mass is 10.1. The Morgan fingerprint density at radius 1 is 1.33 bits per heavy atom. The summed E-state index contributed by atoms with van der Waals surface area (Å²) in [5, 5.41) is 4.04. The summed E-state index contributed by atoms with van der Waals surface area (Å²) in [5.41, 5.74) is 10.3. The topological polar surface area (TPSA) is 59.6 Å². The predicted octanol–water partition coefficient (Wildman–Crippen LogP) is 1.41. The molecule has 0 radical (unpaired) electrons. The molecule has 4 nitrogen and oxygen atoms in total. The molecule has 0 saturated heterocycles. The van der Waals surface area contributed by atoms with Gasteiger partial charge in [-0.15, -0.1) is 0 Å². The first kappa shape index (κ1) is 9.73. The highest BCUT2D eigenvalue weighted by atomic mass is 16.5. The Morgan fingerprint density at radius 2 is 2.20 bits per heavy atom. The van der Waals surface area contributed by atoms with Crippen molar-refractivity contribution in [3.8, 4) is 0 Å². The van der Waals surface area contributed by atoms with E-state index in [1.807, 2.05) is 30.3 Å². The number of anilines is 1. The summed E-state index contributed by atoms with van der Waals surface area (Å²) in [6, 6.07) is 7.90. The van der Waals surface area contributed by atoms with Gasteiger partial charge in [-0.25, -0.2) is 0 Å². The zero-order valence-corrected chi connectivity index (χ0v) is 8.31. The van der Waals surface area contributed by atoms with Crippen LogP contribution in [-0.2, 0) is 4.74 Å². The van der Waals surface area contributed by atoms with Crippen molar-refractivity contribution >= 4 is 18.0 Å². The maximum atomic E-state index is 5.42. The number of hydrogen-bond donors (Lipinski definition) is 2. The van der Waals surface area contributed by atoms with E-state index in [1.165, 1.54) is 0 Å². The van der Waals surface area contributed by atoms with Gasteiger partial charge in [0, 0.05) is 12.1 Å². The number of nitrogens with one attached hydrogen (secondary N) is 1. The second-order valence-electron chi connectivity index (χ2n) is 3.14. The highest BCUT2D eigenvalue weighted by molar-refractivity contribution is 5.87. The molecule has 3 N–H and O–H groups in total. The molecule has 0 fully saturated rings. The zero-order valence-electron chi connectivity index (χ0n) is 8.31. The second kappa shape index (κ2) is 4.61. The van der Waals surface area contributed by atoms with Crippen LogP contribution in [0.15, 0.2) is 35.1 Å². The van der Waals surface area contributed by atoms with Crippen LogP contribution in [0.25, 0.3) is 6.08 Å². The monoisotopic (exact) mass is 203 g/mol. The number of hydrazone groups is 1. The van der Waals surface area contributed by atoms with E-state index in [-0.39, 0.29) is 0 Å². The fraction of sp³-hybridized carbons (Fsp3) is 0.182. The number of allylic oxidation sites excluding steroid dienone is 1. The van der Waals surface area contributed by atoms with E-state index < -0.39 is 0 Å². The van der Waals surface area contributed by atoms with Gasteiger partial charge in [-0.1, -0.05) is 18.2 Å². The molecule has 0 aliphatic carbocycles. The molecule has 0 saturated carbocycles. The van der Waals surface area contributed by atoms with Crippen LogP contribution in [0.2, 0.25) is 0 Å². The van der Waals surface area contributed by atoms with E-state index in [2.05, 4.69) is 10.5 Å². The number of para-hydroxylation sites is 1. The van der Waals surface area contributed by atoms with E-state index in [1.54, 1.807) is 6.21 Å². The maximum Gasteiger partial charge on any atom is 0.140 e. The molecule has 4 heteroatoms. The molecule has 0 spiro atoms. The summed E-state index contributed by atoms with van der Waals surface area (Å²) >= 11 is 0. The van der Waals surface area contributed by atoms with Gasteiger partial charge in [-0.3, -0.25) is 5.43 Å². The SMILES string of the molecule is NCCOC1=Cc2ccccc2NN=C1. The molecule has 0 aromatic heterocycles. The Balaban J connectivity index is 2.24. The van der Waals surface area contributed by atoms with Crippen molar-refractivity contribution in [2.45, 2.75) is 0 Å². The first-order chi connectivity index (χ1) is 7.40. The number of nitrogens with zero attached hydrogens (tertiary/aromatic N) is 1. The van der Waals surface area contributed by atoms with Crippen molar-refractivity contribution in [1.29, 1.82) is 0 Å². The molecular weight excluding hydrogens is 190 g/mol. The fourth-order valence-corrected chi connectivity index (χ4v) is 1.34. The zero-order chi connectivity index (χ0) is 10.5. The Kier molecular flexibility index (Phi) is 2.99. The summed E-state index contributed by atoms with van der Waals surface area (Å²) in [4.78, 5) is 0. The van der Waals surface area contributed by atoms with E-state index in [9.17, 15) is 0 Å². The molecule has 1 aliphatic heterocycles. The standard InChI is InChI=1S/C11H13N3O/c12-5-6-15-10-7-9-3-1-2-4-11(9)14-13-8-10/h1-4,7-8,14H,5-6,12H2. The molecule has 78 valence electrons. The van der Waals surface area contributed by atoms with E-state index in [0.29, 0.717) is 13.2 Å². The lowest BCUT2D eigenvalue weighted by Gasteiger charge is -2.03. The number of nitrogens with two attached hydrogens (primary N) is 1. The number of hydrogen-bond acceptors (Lipinski definition) is 4. The summed E-state index contributed by atoms with van der Waals surface area (Å²) in [7, 11) is 0. The minimum absolute atomic E-state index is 0.500. The Bertz CT molecular complexity index is 399. The van der Waals surface area contributed by atoms with Gasteiger partial charge in [0.05, 0.1) is 11.9 Å². The molecule has 1 aromatic carbocycles. The normalized spacial score (nSPS) is 13.5. The van der Waals surface area contributed by atoms with Crippen molar-refractivity contribution in [3.05, 3.63) is 35.6 Å². The third-order valence-electron chi connectivity index (χ3n) is 2.02. The molecule has 1 aliphatic rings. The molecule has 2 rings (SSSR count). The highest BCUT2D eigenvalue weighted by Crippen LogP contribution is 2.20. The van der Waals surface area contributed by atoms with Gasteiger partial charge in [0.2, 0.25) is 0 Å². The molecule has 1 aromatic rings. The minimum atomic E-state index is 0.500. The van der Waals surface area contributed by atoms with E-state index in [0.717, 1.165) is 17.0 Å². The molecule has 1 heterocycles. The molecule has 0 amide bonds. The van der Waals surface area contributed by atoms with E-state index in [4.69, 9.17) is 10.5 Å². The van der Waals surface area contributed by atoms with Crippen molar-refractivity contribution in [1.82, 2.24) is 0 Å². The van der Waals surface area contributed by atoms with Crippen LogP contribution in [0.4, 0.5) is 5.69 Å². The average molecular weight is 203 g/mol. The van der Waals surface area contributed by atoms with Crippen molar-refractivity contribution < 1.29 is 4.74 Å². The van der Waals surface area contributed by atoms with E-state index >= 15 is 0 Å². The van der Waals surface area contributed by atoms with Gasteiger partial charge in [-0.2, -0.15) is 5.10 Å². The summed E-state index contributed by atoms with van der Waals surface area (Å²) in [6.07, 6.45) is 3.59. The van der Waals surface area contributed by atoms with Crippen molar-refractivity contribution in [2.75, 3.05) is 18.6 Å². The molecule has 0 unspecified atom stereocenters. The first-order valence-electron chi connectivity index (χ1n) is 4.83. The highest BCUT2D eigenvalue weighted by Gasteiger charge is 2.04. The van der Waals surface area contributed by atoms with Crippen LogP contribution in [0.3, 0.4) is 0 Å². The van der Waals surface area contributed by atoms with Gasteiger partial charge in [-0.05, 0) is 12.1 Å². The van der Waals surface area contributed by atoms with Crippen LogP contribution >= 0.6 is 0 Å². The first-order valence-corrected chi connectivity index (χ1v) is 4.83. The van der Waals surface area contributed by atoms with Crippen LogP contribution in [0.5, 0.6) is 0 Å². The van der Waals surface area contributed by atoms with Crippen molar-refractivity contribution in [2.24, 2.45) is 10.8 Å². The Morgan fingerprint density at radius 3 is 3.07 bits per heavy atom. The molecule has 15 heavy (non-hydrogen) atoms. The maximum absolute atomic E-state index is 5.42. The number of fused-ring (bicyclic) bond motifs is 1. The quantitative estimate of drug-likeness (QED) is 0.781. The third-order valence-corrected chi connectivity index (χ3v) is 2.02. The number of benzene rings is 1. The lowest BCUT2D eigenvalue weighted by molar-refractivity contribution is 0.245. The number of rotatable bonds is 3. The smallest absolute Gasteiger partial charge is 0.140 e. The van der Waals surface area contributed by atoms with Crippen LogP contribution < -0.4 is 11.2 Å². The third kappa shape index (κ3) is 2.35. The Labute approximate surface area is 88.4 Å². The van der Waals surface area contributed by atoms with Gasteiger partial charge >= 0.3 is 0 Å². The summed E-state index contributed by atoms with van der Waals surface area (Å²) < 4.78 is 5.42. The van der Waals surface area contributed by atoms with Gasteiger partial charge < -0.3 is 10.5 Å². The van der Waals surface area contributed by atoms with Crippen LogP contribution in [-0.4, -0.2) is 19.4 Å². The second-order valence-corrected chi connectivity index (χ2v) is 3.14. The van der Waals surface area contributed by atoms with Gasteiger partial charge in [0.1, 0.15) is 12.4 Å². The largest absolute Gasteiger partial charge is 0.491 e. The number of ether oxygens (including phenoxy) is 1. The average Bonchev–Trinajstić information content (AvgIpc) is 2.47. The van der Waals surface area contributed by atoms with Crippen molar-refractivity contribution in [3.63, 3.8) is 0 Å². The molecule has 0 bridgehead atoms. The molecular formula is C11H13N3O. The minimum Gasteiger partial charge on any atom is -0.491 e. The molecule has 0 atom stereocenters. The summed E-state index contributed by atoms with van der Waals surface area (Å²) in [5.74, 6) is 0.720. The summed E-state index contributed by atoms with van der Waals surface area (Å²) in [6.45, 7) is 1.00. The van der Waals surface area contributed by atoms with Gasteiger partial charge in [0.25, 0.3) is 0 Å². The Hall–Kier alpha value is -1.81.